The molecule has 0 aliphatic rings. The van der Waals surface area contributed by atoms with Gasteiger partial charge in [0.2, 0.25) is 6.36 Å². The van der Waals surface area contributed by atoms with Crippen molar-refractivity contribution in [3.05, 3.63) is 12.2 Å². The zero-order valence-electron chi connectivity index (χ0n) is 6.59. The second-order valence-corrected chi connectivity index (χ2v) is 1.23. The SMILES string of the molecule is [K+].[K+].[O-]B([O-])OC(F)C=C(F)F. The van der Waals surface area contributed by atoms with E-state index in [0.717, 1.165) is 0 Å². The first-order valence-electron chi connectivity index (χ1n) is 2.16. The maximum atomic E-state index is 11.7. The van der Waals surface area contributed by atoms with Crippen molar-refractivity contribution >= 4 is 7.32 Å². The van der Waals surface area contributed by atoms with E-state index in [9.17, 15) is 23.2 Å². The van der Waals surface area contributed by atoms with Crippen molar-refractivity contribution in [2.75, 3.05) is 0 Å². The van der Waals surface area contributed by atoms with E-state index in [1.807, 2.05) is 0 Å². The molecule has 0 rings (SSSR count). The molecular weight excluding hydrogens is 230 g/mol. The molecule has 0 spiro atoms. The molecular formula is C3H2BF3K2O3. The van der Waals surface area contributed by atoms with E-state index >= 15 is 0 Å². The summed E-state index contributed by atoms with van der Waals surface area (Å²) in [5.41, 5.74) is 0. The summed E-state index contributed by atoms with van der Waals surface area (Å²) in [4.78, 5) is 0. The van der Waals surface area contributed by atoms with Crippen molar-refractivity contribution < 1.29 is 131 Å². The smallest absolute Gasteiger partial charge is 0.871 e. The molecule has 1 atom stereocenters. The summed E-state index contributed by atoms with van der Waals surface area (Å²) in [7, 11) is -2.88. The molecule has 0 aromatic heterocycles. The Bertz CT molecular complexity index is 132. The molecule has 0 fully saturated rings. The van der Waals surface area contributed by atoms with Gasteiger partial charge in [-0.2, -0.15) is 8.78 Å². The monoisotopic (exact) mass is 232 g/mol. The van der Waals surface area contributed by atoms with Gasteiger partial charge in [0.1, 0.15) is 0 Å². The molecule has 0 saturated carbocycles. The van der Waals surface area contributed by atoms with Gasteiger partial charge < -0.3 is 14.7 Å². The first-order chi connectivity index (χ1) is 4.52. The van der Waals surface area contributed by atoms with Gasteiger partial charge in [0.25, 0.3) is 6.08 Å². The summed E-state index contributed by atoms with van der Waals surface area (Å²) in [5, 5.41) is 18.9. The summed E-state index contributed by atoms with van der Waals surface area (Å²) < 4.78 is 37.1. The number of rotatable bonds is 3. The van der Waals surface area contributed by atoms with Gasteiger partial charge in [-0.1, -0.05) is 0 Å². The van der Waals surface area contributed by atoms with Crippen LogP contribution in [0, 0.1) is 0 Å². The van der Waals surface area contributed by atoms with Crippen LogP contribution in [0.5, 0.6) is 0 Å². The van der Waals surface area contributed by atoms with E-state index in [-0.39, 0.29) is 109 Å². The number of alkyl halides is 1. The molecule has 0 aromatic carbocycles. The van der Waals surface area contributed by atoms with E-state index in [1.165, 1.54) is 0 Å². The Hall–Kier alpha value is 2.75. The Balaban J connectivity index is -0.000000405. The van der Waals surface area contributed by atoms with Crippen LogP contribution in [-0.2, 0) is 4.65 Å². The molecule has 0 radical (unpaired) electrons. The largest absolute Gasteiger partial charge is 1.00 e. The standard InChI is InChI=1S/C3H2BF3O3.2K/c5-2(6)1-3(7)10-4(8)9;;/h1,3H;;/q-2;2*+1. The Labute approximate surface area is 153 Å². The summed E-state index contributed by atoms with van der Waals surface area (Å²) >= 11 is 0. The van der Waals surface area contributed by atoms with Crippen LogP contribution >= 0.6 is 0 Å². The molecule has 0 aromatic rings. The molecule has 0 aliphatic carbocycles. The first kappa shape index (κ1) is 20.2. The third-order valence-corrected chi connectivity index (χ3v) is 0.498. The van der Waals surface area contributed by atoms with Crippen LogP contribution in [-0.4, -0.2) is 13.7 Å². The van der Waals surface area contributed by atoms with Gasteiger partial charge in [0, 0.05) is 6.08 Å². The van der Waals surface area contributed by atoms with Crippen molar-refractivity contribution in [3.8, 4) is 0 Å². The third-order valence-electron chi connectivity index (χ3n) is 0.498. The number of hydrogen-bond acceptors (Lipinski definition) is 3. The maximum absolute atomic E-state index is 11.7. The molecule has 3 nitrogen and oxygen atoms in total. The van der Waals surface area contributed by atoms with Crippen LogP contribution < -0.4 is 113 Å². The van der Waals surface area contributed by atoms with Crippen LogP contribution in [0.2, 0.25) is 0 Å². The summed E-state index contributed by atoms with van der Waals surface area (Å²) in [6.45, 7) is 0. The van der Waals surface area contributed by atoms with Crippen LogP contribution in [0.25, 0.3) is 0 Å². The number of halogens is 3. The molecule has 12 heavy (non-hydrogen) atoms. The summed E-state index contributed by atoms with van der Waals surface area (Å²) in [6, 6.07) is 0. The van der Waals surface area contributed by atoms with Gasteiger partial charge in [-0.3, -0.25) is 0 Å². The minimum absolute atomic E-state index is 0. The third kappa shape index (κ3) is 15.2. The summed E-state index contributed by atoms with van der Waals surface area (Å²) in [5.74, 6) is 0. The minimum Gasteiger partial charge on any atom is -0.871 e. The maximum Gasteiger partial charge on any atom is 1.00 e. The molecule has 9 heteroatoms. The van der Waals surface area contributed by atoms with Gasteiger partial charge in [0.15, 0.2) is 0 Å². The fourth-order valence-corrected chi connectivity index (χ4v) is 0.244. The normalized spacial score (nSPS) is 10.4. The molecule has 0 aliphatic heterocycles. The van der Waals surface area contributed by atoms with Crippen molar-refractivity contribution in [3.63, 3.8) is 0 Å². The van der Waals surface area contributed by atoms with E-state index in [2.05, 4.69) is 4.65 Å². The second-order valence-electron chi connectivity index (χ2n) is 1.23. The first-order valence-corrected chi connectivity index (χ1v) is 2.16. The average molecular weight is 232 g/mol. The van der Waals surface area contributed by atoms with Crippen molar-refractivity contribution in [1.29, 1.82) is 0 Å². The van der Waals surface area contributed by atoms with Crippen LogP contribution in [0.4, 0.5) is 13.2 Å². The van der Waals surface area contributed by atoms with Gasteiger partial charge in [-0.05, 0) is 0 Å². The summed E-state index contributed by atoms with van der Waals surface area (Å²) in [6.07, 6.45) is -5.24. The van der Waals surface area contributed by atoms with Crippen LogP contribution in [0.3, 0.4) is 0 Å². The molecule has 58 valence electrons. The van der Waals surface area contributed by atoms with E-state index in [0.29, 0.717) is 0 Å². The average Bonchev–Trinajstić information content (AvgIpc) is 1.58. The molecule has 1 unspecified atom stereocenters. The second kappa shape index (κ2) is 11.8. The Kier molecular flexibility index (Phi) is 19.9. The van der Waals surface area contributed by atoms with Gasteiger partial charge >= 0.3 is 103 Å². The molecule has 0 bridgehead atoms. The van der Waals surface area contributed by atoms with E-state index in [1.54, 1.807) is 0 Å². The zero-order valence-corrected chi connectivity index (χ0v) is 12.8. The predicted molar refractivity (Wildman–Crippen MR) is 22.0 cm³/mol. The fraction of sp³-hybridized carbons (Fsp3) is 0.333. The topological polar surface area (TPSA) is 55.3 Å². The van der Waals surface area contributed by atoms with Crippen LogP contribution in [0.15, 0.2) is 12.2 Å². The Morgan fingerprint density at radius 2 is 1.75 bits per heavy atom. The predicted octanol–water partition coefficient (Wildman–Crippen LogP) is -7.21. The van der Waals surface area contributed by atoms with Gasteiger partial charge in [-0.25, -0.2) is 4.39 Å². The zero-order chi connectivity index (χ0) is 8.15. The van der Waals surface area contributed by atoms with E-state index < -0.39 is 19.8 Å². The fourth-order valence-electron chi connectivity index (χ4n) is 0.244. The molecule has 0 heterocycles. The van der Waals surface area contributed by atoms with Crippen molar-refractivity contribution in [2.45, 2.75) is 6.36 Å². The van der Waals surface area contributed by atoms with Crippen molar-refractivity contribution in [1.82, 2.24) is 0 Å². The number of hydrogen-bond donors (Lipinski definition) is 0. The van der Waals surface area contributed by atoms with E-state index in [4.69, 9.17) is 0 Å². The minimum atomic E-state index is -2.88. The Morgan fingerprint density at radius 3 is 2.00 bits per heavy atom. The molecule has 0 N–H and O–H groups in total. The van der Waals surface area contributed by atoms with Crippen molar-refractivity contribution in [2.24, 2.45) is 0 Å². The molecule has 0 amide bonds. The van der Waals surface area contributed by atoms with Crippen LogP contribution in [0.1, 0.15) is 0 Å². The van der Waals surface area contributed by atoms with Gasteiger partial charge in [-0.15, -0.1) is 0 Å². The van der Waals surface area contributed by atoms with Gasteiger partial charge in [0.05, 0.1) is 7.32 Å². The molecule has 0 saturated heterocycles. The quantitative estimate of drug-likeness (QED) is 0.454. The Morgan fingerprint density at radius 1 is 1.33 bits per heavy atom.